The van der Waals surface area contributed by atoms with Crippen molar-refractivity contribution in [3.8, 4) is 0 Å². The molecule has 0 spiro atoms. The Labute approximate surface area is 78.4 Å². The maximum atomic E-state index is 11.1. The highest BCUT2D eigenvalue weighted by Crippen LogP contribution is 2.13. The number of carbonyl (C=O) groups excluding carboxylic acids is 2. The molecular formula is C7H8N2O3S. The van der Waals surface area contributed by atoms with E-state index < -0.39 is 5.91 Å². The van der Waals surface area contributed by atoms with Gasteiger partial charge in [-0.05, 0) is 6.07 Å². The van der Waals surface area contributed by atoms with E-state index in [2.05, 4.69) is 10.3 Å². The first kappa shape index (κ1) is 9.69. The highest BCUT2D eigenvalue weighted by atomic mass is 32.1. The molecule has 0 aliphatic rings. The second-order valence-electron chi connectivity index (χ2n) is 2.20. The summed E-state index contributed by atoms with van der Waals surface area (Å²) in [6.45, 7) is 0. The van der Waals surface area contributed by atoms with E-state index in [4.69, 9.17) is 5.73 Å². The van der Waals surface area contributed by atoms with E-state index in [-0.39, 0.29) is 5.91 Å². The molecule has 0 saturated carbocycles. The second kappa shape index (κ2) is 4.01. The van der Waals surface area contributed by atoms with E-state index >= 15 is 0 Å². The molecule has 2 amide bonds. The van der Waals surface area contributed by atoms with Crippen molar-refractivity contribution in [3.63, 3.8) is 0 Å². The van der Waals surface area contributed by atoms with Crippen molar-refractivity contribution in [1.29, 1.82) is 0 Å². The van der Waals surface area contributed by atoms with Crippen LogP contribution in [0.1, 0.15) is 20.0 Å². The van der Waals surface area contributed by atoms with Gasteiger partial charge in [-0.3, -0.25) is 14.4 Å². The van der Waals surface area contributed by atoms with Crippen molar-refractivity contribution in [2.24, 2.45) is 5.73 Å². The first-order valence-electron chi connectivity index (χ1n) is 3.37. The van der Waals surface area contributed by atoms with Crippen LogP contribution >= 0.6 is 11.3 Å². The molecule has 0 saturated heterocycles. The van der Waals surface area contributed by atoms with Crippen LogP contribution in [0.5, 0.6) is 0 Å². The lowest BCUT2D eigenvalue weighted by Gasteiger charge is -1.96. The zero-order valence-corrected chi connectivity index (χ0v) is 7.68. The average Bonchev–Trinajstić information content (AvgIpc) is 2.52. The third-order valence-electron chi connectivity index (χ3n) is 1.30. The van der Waals surface area contributed by atoms with Crippen LogP contribution in [0.25, 0.3) is 0 Å². The molecule has 1 rings (SSSR count). The standard InChI is InChI=1S/C7H8N2O3S/c1-12-9-7(11)5-2-4(3-13-5)6(8)10/h2-3H,1H3,(H2,8,10)(H,9,11). The van der Waals surface area contributed by atoms with Gasteiger partial charge in [-0.1, -0.05) is 0 Å². The fourth-order valence-electron chi connectivity index (χ4n) is 0.728. The van der Waals surface area contributed by atoms with Gasteiger partial charge in [-0.2, -0.15) is 0 Å². The summed E-state index contributed by atoms with van der Waals surface area (Å²) in [6, 6.07) is 1.42. The van der Waals surface area contributed by atoms with E-state index in [0.717, 1.165) is 11.3 Å². The molecule has 6 heteroatoms. The van der Waals surface area contributed by atoms with Crippen LogP contribution in [-0.2, 0) is 4.84 Å². The monoisotopic (exact) mass is 200 g/mol. The predicted molar refractivity (Wildman–Crippen MR) is 47.3 cm³/mol. The Morgan fingerprint density at radius 2 is 2.31 bits per heavy atom. The largest absolute Gasteiger partial charge is 0.366 e. The molecule has 0 fully saturated rings. The zero-order valence-electron chi connectivity index (χ0n) is 6.87. The number of nitrogens with two attached hydrogens (primary N) is 1. The molecule has 1 aromatic rings. The molecule has 0 aromatic carbocycles. The average molecular weight is 200 g/mol. The number of hydroxylamine groups is 1. The van der Waals surface area contributed by atoms with Gasteiger partial charge in [0.2, 0.25) is 5.91 Å². The fourth-order valence-corrected chi connectivity index (χ4v) is 1.51. The lowest BCUT2D eigenvalue weighted by molar-refractivity contribution is 0.0542. The topological polar surface area (TPSA) is 81.4 Å². The third kappa shape index (κ3) is 2.27. The van der Waals surface area contributed by atoms with Gasteiger partial charge in [0.25, 0.3) is 5.91 Å². The fraction of sp³-hybridized carbons (Fsp3) is 0.143. The van der Waals surface area contributed by atoms with Crippen LogP contribution in [0.2, 0.25) is 0 Å². The first-order chi connectivity index (χ1) is 6.15. The van der Waals surface area contributed by atoms with Crippen molar-refractivity contribution >= 4 is 23.2 Å². The molecule has 5 nitrogen and oxygen atoms in total. The highest BCUT2D eigenvalue weighted by molar-refractivity contribution is 7.12. The molecule has 13 heavy (non-hydrogen) atoms. The molecule has 0 aliphatic carbocycles. The normalized spacial score (nSPS) is 9.62. The number of amides is 2. The zero-order chi connectivity index (χ0) is 9.84. The van der Waals surface area contributed by atoms with Gasteiger partial charge >= 0.3 is 0 Å². The van der Waals surface area contributed by atoms with E-state index in [1.165, 1.54) is 18.6 Å². The molecule has 3 N–H and O–H groups in total. The van der Waals surface area contributed by atoms with E-state index in [9.17, 15) is 9.59 Å². The summed E-state index contributed by atoms with van der Waals surface area (Å²) >= 11 is 1.13. The minimum Gasteiger partial charge on any atom is -0.366 e. The van der Waals surface area contributed by atoms with E-state index in [0.29, 0.717) is 10.4 Å². The Hall–Kier alpha value is -1.40. The minimum absolute atomic E-state index is 0.325. The maximum absolute atomic E-state index is 11.1. The third-order valence-corrected chi connectivity index (χ3v) is 2.23. The first-order valence-corrected chi connectivity index (χ1v) is 4.24. The number of primary amides is 1. The number of carbonyl (C=O) groups is 2. The predicted octanol–water partition coefficient (Wildman–Crippen LogP) is 0.138. The van der Waals surface area contributed by atoms with Gasteiger partial charge in [-0.25, -0.2) is 5.48 Å². The number of rotatable bonds is 3. The molecular weight excluding hydrogens is 192 g/mol. The molecule has 70 valence electrons. The van der Waals surface area contributed by atoms with Crippen LogP contribution in [0, 0.1) is 0 Å². The Bertz CT molecular complexity index is 334. The molecule has 0 atom stereocenters. The molecule has 0 radical (unpaired) electrons. The molecule has 0 aliphatic heterocycles. The van der Waals surface area contributed by atoms with Gasteiger partial charge in [-0.15, -0.1) is 11.3 Å². The van der Waals surface area contributed by atoms with Crippen molar-refractivity contribution in [2.75, 3.05) is 7.11 Å². The Morgan fingerprint density at radius 1 is 1.62 bits per heavy atom. The number of nitrogens with one attached hydrogen (secondary N) is 1. The molecule has 0 bridgehead atoms. The highest BCUT2D eigenvalue weighted by Gasteiger charge is 2.10. The summed E-state index contributed by atoms with van der Waals surface area (Å²) in [7, 11) is 1.33. The van der Waals surface area contributed by atoms with Crippen molar-refractivity contribution in [1.82, 2.24) is 5.48 Å². The SMILES string of the molecule is CONC(=O)c1cc(C(N)=O)cs1. The van der Waals surface area contributed by atoms with Crippen LogP contribution in [0.4, 0.5) is 0 Å². The van der Waals surface area contributed by atoms with Gasteiger partial charge in [0, 0.05) is 5.38 Å². The second-order valence-corrected chi connectivity index (χ2v) is 3.11. The summed E-state index contributed by atoms with van der Waals surface area (Å²) in [5, 5.41) is 1.52. The number of hydrogen-bond acceptors (Lipinski definition) is 4. The van der Waals surface area contributed by atoms with Crippen LogP contribution in [0.3, 0.4) is 0 Å². The number of thiophene rings is 1. The Balaban J connectivity index is 2.79. The number of hydrogen-bond donors (Lipinski definition) is 2. The Morgan fingerprint density at radius 3 is 2.77 bits per heavy atom. The molecule has 0 unspecified atom stereocenters. The summed E-state index contributed by atoms with van der Waals surface area (Å²) in [5.74, 6) is -0.937. The van der Waals surface area contributed by atoms with Crippen LogP contribution < -0.4 is 11.2 Å². The quantitative estimate of drug-likeness (QED) is 0.681. The van der Waals surface area contributed by atoms with Gasteiger partial charge in [0.05, 0.1) is 17.6 Å². The lowest BCUT2D eigenvalue weighted by atomic mass is 10.3. The van der Waals surface area contributed by atoms with Crippen LogP contribution in [-0.4, -0.2) is 18.9 Å². The lowest BCUT2D eigenvalue weighted by Crippen LogP contribution is -2.20. The van der Waals surface area contributed by atoms with Crippen molar-refractivity contribution < 1.29 is 14.4 Å². The van der Waals surface area contributed by atoms with Gasteiger partial charge in [0.15, 0.2) is 0 Å². The summed E-state index contributed by atoms with van der Waals surface area (Å²) < 4.78 is 0. The maximum Gasteiger partial charge on any atom is 0.284 e. The molecule has 1 heterocycles. The summed E-state index contributed by atoms with van der Waals surface area (Å²) in [6.07, 6.45) is 0. The van der Waals surface area contributed by atoms with E-state index in [1.807, 2.05) is 0 Å². The molecule has 1 aromatic heterocycles. The van der Waals surface area contributed by atoms with Gasteiger partial charge in [0.1, 0.15) is 0 Å². The smallest absolute Gasteiger partial charge is 0.284 e. The summed E-state index contributed by atoms with van der Waals surface area (Å²) in [4.78, 5) is 26.6. The van der Waals surface area contributed by atoms with E-state index in [1.54, 1.807) is 0 Å². The summed E-state index contributed by atoms with van der Waals surface area (Å²) in [5.41, 5.74) is 7.46. The minimum atomic E-state index is -0.548. The van der Waals surface area contributed by atoms with Crippen molar-refractivity contribution in [2.45, 2.75) is 0 Å². The Kier molecular flexibility index (Phi) is 2.99. The van der Waals surface area contributed by atoms with Crippen molar-refractivity contribution in [3.05, 3.63) is 21.9 Å². The van der Waals surface area contributed by atoms with Crippen LogP contribution in [0.15, 0.2) is 11.4 Å². The van der Waals surface area contributed by atoms with Gasteiger partial charge < -0.3 is 5.73 Å².